The van der Waals surface area contributed by atoms with Gasteiger partial charge in [0.15, 0.2) is 5.82 Å². The summed E-state index contributed by atoms with van der Waals surface area (Å²) in [4.78, 5) is 20.9. The predicted molar refractivity (Wildman–Crippen MR) is 146 cm³/mol. The van der Waals surface area contributed by atoms with E-state index in [1.54, 1.807) is 42.1 Å². The summed E-state index contributed by atoms with van der Waals surface area (Å²) in [6.45, 7) is 2.89. The van der Waals surface area contributed by atoms with Gasteiger partial charge in [0, 0.05) is 43.5 Å². The Hall–Kier alpha value is -4.64. The van der Waals surface area contributed by atoms with Gasteiger partial charge in [-0.05, 0) is 76.0 Å². The van der Waals surface area contributed by atoms with E-state index in [1.807, 2.05) is 18.2 Å². The van der Waals surface area contributed by atoms with Crippen molar-refractivity contribution in [3.05, 3.63) is 112 Å². The van der Waals surface area contributed by atoms with Crippen molar-refractivity contribution in [2.45, 2.75) is 12.6 Å². The second-order valence-electron chi connectivity index (χ2n) is 9.73. The van der Waals surface area contributed by atoms with Gasteiger partial charge in [-0.3, -0.25) is 9.69 Å². The van der Waals surface area contributed by atoms with E-state index >= 15 is 0 Å². The van der Waals surface area contributed by atoms with Crippen LogP contribution in [-0.4, -0.2) is 63.4 Å². The number of hydrogen-bond donors (Lipinski definition) is 1. The fraction of sp³-hybridized carbons (Fsp3) is 0.241. The summed E-state index contributed by atoms with van der Waals surface area (Å²) in [6.07, 6.45) is 0. The molecule has 1 fully saturated rings. The topological polar surface area (TPSA) is 92.2 Å². The van der Waals surface area contributed by atoms with Crippen molar-refractivity contribution in [1.29, 1.82) is 0 Å². The number of rotatable bonds is 7. The minimum Gasteiger partial charge on any atom is -0.497 e. The Morgan fingerprint density at radius 2 is 1.62 bits per heavy atom. The number of benzene rings is 3. The van der Waals surface area contributed by atoms with E-state index in [-0.39, 0.29) is 17.2 Å². The fourth-order valence-corrected chi connectivity index (χ4v) is 5.20. The van der Waals surface area contributed by atoms with Crippen molar-refractivity contribution in [3.63, 3.8) is 0 Å². The van der Waals surface area contributed by atoms with Crippen LogP contribution in [0, 0.1) is 11.6 Å². The minimum atomic E-state index is -0.541. The highest BCUT2D eigenvalue weighted by molar-refractivity contribution is 5.80. The number of pyridine rings is 1. The summed E-state index contributed by atoms with van der Waals surface area (Å²) in [5.74, 6) is 0.561. The SMILES string of the molecule is COc1ccc2cc([C@@H](c3nnnn3Cc3ccc(F)cc3)N3CCN(c4ccc(F)cc4)CC3)c(=O)[nH]c2c1. The zero-order chi connectivity index (χ0) is 27.6. The number of nitrogens with one attached hydrogen (secondary N) is 1. The van der Waals surface area contributed by atoms with Crippen LogP contribution in [0.3, 0.4) is 0 Å². The van der Waals surface area contributed by atoms with Crippen molar-refractivity contribution < 1.29 is 13.5 Å². The molecular weight excluding hydrogens is 516 g/mol. The van der Waals surface area contributed by atoms with E-state index in [1.165, 1.54) is 24.3 Å². The number of aromatic nitrogens is 5. The first-order valence-corrected chi connectivity index (χ1v) is 12.9. The maximum atomic E-state index is 13.5. The second-order valence-corrected chi connectivity index (χ2v) is 9.73. The van der Waals surface area contributed by atoms with Gasteiger partial charge in [-0.15, -0.1) is 5.10 Å². The van der Waals surface area contributed by atoms with Crippen LogP contribution in [0.15, 0.2) is 77.6 Å². The van der Waals surface area contributed by atoms with Crippen LogP contribution in [0.25, 0.3) is 10.9 Å². The Balaban J connectivity index is 1.37. The first-order chi connectivity index (χ1) is 19.5. The Labute approximate surface area is 228 Å². The van der Waals surface area contributed by atoms with E-state index in [4.69, 9.17) is 4.74 Å². The summed E-state index contributed by atoms with van der Waals surface area (Å²) in [5, 5.41) is 13.4. The minimum absolute atomic E-state index is 0.247. The monoisotopic (exact) mass is 543 g/mol. The number of ether oxygens (including phenoxy) is 1. The summed E-state index contributed by atoms with van der Waals surface area (Å²) in [5.41, 5.74) is 2.70. The molecule has 9 nitrogen and oxygen atoms in total. The van der Waals surface area contributed by atoms with Crippen molar-refractivity contribution in [1.82, 2.24) is 30.1 Å². The van der Waals surface area contributed by atoms with E-state index in [0.717, 1.165) is 16.6 Å². The second kappa shape index (κ2) is 10.9. The largest absolute Gasteiger partial charge is 0.497 e. The van der Waals surface area contributed by atoms with Crippen molar-refractivity contribution in [3.8, 4) is 5.75 Å². The Kier molecular flexibility index (Phi) is 6.95. The molecule has 6 rings (SSSR count). The van der Waals surface area contributed by atoms with Crippen LogP contribution in [0.2, 0.25) is 0 Å². The lowest BCUT2D eigenvalue weighted by Gasteiger charge is -2.39. The van der Waals surface area contributed by atoms with Gasteiger partial charge < -0.3 is 14.6 Å². The molecule has 1 aliphatic rings. The molecule has 1 N–H and O–H groups in total. The van der Waals surface area contributed by atoms with E-state index in [0.29, 0.717) is 55.4 Å². The van der Waals surface area contributed by atoms with Crippen molar-refractivity contribution in [2.75, 3.05) is 38.2 Å². The lowest BCUT2D eigenvalue weighted by molar-refractivity contribution is 0.200. The summed E-state index contributed by atoms with van der Waals surface area (Å²) in [6, 6.07) is 19.5. The average molecular weight is 544 g/mol. The number of aromatic amines is 1. The van der Waals surface area contributed by atoms with Gasteiger partial charge in [0.1, 0.15) is 23.4 Å². The van der Waals surface area contributed by atoms with Crippen LogP contribution < -0.4 is 15.2 Å². The normalized spacial score (nSPS) is 14.9. The number of halogens is 2. The smallest absolute Gasteiger partial charge is 0.253 e. The van der Waals surface area contributed by atoms with Gasteiger partial charge in [-0.2, -0.15) is 0 Å². The van der Waals surface area contributed by atoms with Crippen LogP contribution in [0.4, 0.5) is 14.5 Å². The zero-order valence-electron chi connectivity index (χ0n) is 21.8. The van der Waals surface area contributed by atoms with Crippen molar-refractivity contribution >= 4 is 16.6 Å². The number of hydrogen-bond acceptors (Lipinski definition) is 7. The van der Waals surface area contributed by atoms with E-state index in [9.17, 15) is 13.6 Å². The Bertz CT molecular complexity index is 1680. The number of nitrogens with zero attached hydrogens (tertiary/aromatic N) is 6. The molecule has 2 aromatic heterocycles. The molecule has 0 aliphatic carbocycles. The number of H-pyrrole nitrogens is 1. The molecule has 1 saturated heterocycles. The van der Waals surface area contributed by atoms with Crippen LogP contribution >= 0.6 is 0 Å². The lowest BCUT2D eigenvalue weighted by Crippen LogP contribution is -2.49. The maximum absolute atomic E-state index is 13.5. The third kappa shape index (κ3) is 5.15. The Morgan fingerprint density at radius 1 is 0.925 bits per heavy atom. The third-order valence-corrected chi connectivity index (χ3v) is 7.30. The standard InChI is InChI=1S/C29H27F2N7O2/c1-40-24-11-4-20-16-25(29(39)32-26(20)17-24)27(28-33-34-35-38(28)18-19-2-5-21(30)6-3-19)37-14-12-36(13-15-37)23-9-7-22(31)8-10-23/h2-11,16-17,27H,12-15,18H2,1H3,(H,32,39)/t27-/m0/s1. The molecule has 0 amide bonds. The maximum Gasteiger partial charge on any atom is 0.253 e. The van der Waals surface area contributed by atoms with Gasteiger partial charge >= 0.3 is 0 Å². The van der Waals surface area contributed by atoms with Crippen molar-refractivity contribution in [2.24, 2.45) is 0 Å². The fourth-order valence-electron chi connectivity index (χ4n) is 5.20. The molecule has 11 heteroatoms. The molecule has 40 heavy (non-hydrogen) atoms. The molecule has 204 valence electrons. The molecule has 0 unspecified atom stereocenters. The number of fused-ring (bicyclic) bond motifs is 1. The molecule has 1 aliphatic heterocycles. The summed E-state index contributed by atoms with van der Waals surface area (Å²) in [7, 11) is 1.58. The van der Waals surface area contributed by atoms with Crippen LogP contribution in [-0.2, 0) is 6.54 Å². The van der Waals surface area contributed by atoms with Gasteiger partial charge in [-0.1, -0.05) is 12.1 Å². The number of anilines is 1. The van der Waals surface area contributed by atoms with Crippen LogP contribution in [0.1, 0.15) is 23.0 Å². The molecule has 1 atom stereocenters. The first-order valence-electron chi connectivity index (χ1n) is 12.9. The average Bonchev–Trinajstić information content (AvgIpc) is 3.42. The number of piperazine rings is 1. The predicted octanol–water partition coefficient (Wildman–Crippen LogP) is 3.76. The lowest BCUT2D eigenvalue weighted by atomic mass is 10.0. The van der Waals surface area contributed by atoms with Gasteiger partial charge in [-0.25, -0.2) is 13.5 Å². The molecule has 3 aromatic carbocycles. The number of tetrazole rings is 1. The van der Waals surface area contributed by atoms with Gasteiger partial charge in [0.25, 0.3) is 5.56 Å². The molecule has 0 radical (unpaired) electrons. The molecule has 0 bridgehead atoms. The third-order valence-electron chi connectivity index (χ3n) is 7.30. The Morgan fingerprint density at radius 3 is 2.33 bits per heavy atom. The molecular formula is C29H27F2N7O2. The molecule has 3 heterocycles. The quantitative estimate of drug-likeness (QED) is 0.334. The first kappa shape index (κ1) is 25.6. The van der Waals surface area contributed by atoms with Crippen LogP contribution in [0.5, 0.6) is 5.75 Å². The van der Waals surface area contributed by atoms with E-state index < -0.39 is 6.04 Å². The highest BCUT2D eigenvalue weighted by atomic mass is 19.1. The van der Waals surface area contributed by atoms with Gasteiger partial charge in [0.2, 0.25) is 0 Å². The number of methoxy groups -OCH3 is 1. The summed E-state index contributed by atoms with van der Waals surface area (Å²) >= 11 is 0. The highest BCUT2D eigenvalue weighted by Gasteiger charge is 2.33. The summed E-state index contributed by atoms with van der Waals surface area (Å²) < 4.78 is 33.9. The molecule has 0 spiro atoms. The highest BCUT2D eigenvalue weighted by Crippen LogP contribution is 2.30. The molecule has 0 saturated carbocycles. The molecule has 5 aromatic rings. The zero-order valence-corrected chi connectivity index (χ0v) is 21.8. The van der Waals surface area contributed by atoms with Gasteiger partial charge in [0.05, 0.1) is 19.2 Å². The van der Waals surface area contributed by atoms with E-state index in [2.05, 4.69) is 30.3 Å².